The van der Waals surface area contributed by atoms with Gasteiger partial charge in [-0.15, -0.1) is 0 Å². The number of halogens is 4. The average Bonchev–Trinajstić information content (AvgIpc) is 2.43. The van der Waals surface area contributed by atoms with E-state index in [4.69, 9.17) is 11.6 Å². The van der Waals surface area contributed by atoms with Crippen molar-refractivity contribution in [2.45, 2.75) is 19.1 Å². The zero-order valence-electron chi connectivity index (χ0n) is 11.6. The highest BCUT2D eigenvalue weighted by Gasteiger charge is 2.30. The molecule has 0 saturated carbocycles. The summed E-state index contributed by atoms with van der Waals surface area (Å²) >= 11 is 6.01. The third-order valence-corrected chi connectivity index (χ3v) is 3.65. The van der Waals surface area contributed by atoms with E-state index < -0.39 is 11.7 Å². The maximum atomic E-state index is 12.6. The summed E-state index contributed by atoms with van der Waals surface area (Å²) in [5, 5.41) is 3.72. The second kappa shape index (κ2) is 6.08. The fourth-order valence-corrected chi connectivity index (χ4v) is 2.47. The minimum absolute atomic E-state index is 0.203. The van der Waals surface area contributed by atoms with Gasteiger partial charge in [0.05, 0.1) is 11.6 Å². The summed E-state index contributed by atoms with van der Waals surface area (Å²) in [5.74, 6) is 0. The Morgan fingerprint density at radius 2 is 1.67 bits per heavy atom. The van der Waals surface area contributed by atoms with Gasteiger partial charge in [0.2, 0.25) is 0 Å². The third-order valence-electron chi connectivity index (χ3n) is 3.41. The Hall–Kier alpha value is -1.52. The van der Waals surface area contributed by atoms with Crippen LogP contribution in [-0.4, -0.2) is 7.05 Å². The van der Waals surface area contributed by atoms with Crippen molar-refractivity contribution in [2.24, 2.45) is 0 Å². The predicted molar refractivity (Wildman–Crippen MR) is 78.5 cm³/mol. The summed E-state index contributed by atoms with van der Waals surface area (Å²) < 4.78 is 37.8. The average molecular weight is 314 g/mol. The molecule has 0 aliphatic heterocycles. The first-order valence-corrected chi connectivity index (χ1v) is 6.81. The zero-order valence-corrected chi connectivity index (χ0v) is 12.4. The molecule has 5 heteroatoms. The molecule has 0 spiro atoms. The summed E-state index contributed by atoms with van der Waals surface area (Å²) in [4.78, 5) is 0. The van der Waals surface area contributed by atoms with Crippen LogP contribution in [0.3, 0.4) is 0 Å². The van der Waals surface area contributed by atoms with E-state index in [0.717, 1.165) is 28.8 Å². The van der Waals surface area contributed by atoms with Crippen LogP contribution >= 0.6 is 11.6 Å². The van der Waals surface area contributed by atoms with E-state index in [1.807, 2.05) is 19.1 Å². The summed E-state index contributed by atoms with van der Waals surface area (Å²) in [6, 6.07) is 10.5. The minimum atomic E-state index is -4.32. The molecule has 112 valence electrons. The molecular formula is C16H15ClF3N. The normalized spacial score (nSPS) is 13.2. The smallest absolute Gasteiger partial charge is 0.309 e. The highest BCUT2D eigenvalue weighted by molar-refractivity contribution is 6.30. The van der Waals surface area contributed by atoms with Crippen LogP contribution in [-0.2, 0) is 6.18 Å². The van der Waals surface area contributed by atoms with Crippen LogP contribution in [0.4, 0.5) is 13.2 Å². The zero-order chi connectivity index (χ0) is 15.6. The van der Waals surface area contributed by atoms with Crippen LogP contribution in [0.15, 0.2) is 42.5 Å². The standard InChI is InChI=1S/C16H15ClF3N/c1-10-3-8-13(17)9-14(10)15(21-2)11-4-6-12(7-5-11)16(18,19)20/h3-9,15,21H,1-2H3. The molecule has 21 heavy (non-hydrogen) atoms. The molecular weight excluding hydrogens is 299 g/mol. The number of benzene rings is 2. The topological polar surface area (TPSA) is 12.0 Å². The maximum absolute atomic E-state index is 12.6. The lowest BCUT2D eigenvalue weighted by Gasteiger charge is -2.20. The summed E-state index contributed by atoms with van der Waals surface area (Å²) in [6.45, 7) is 1.94. The Morgan fingerprint density at radius 1 is 1.05 bits per heavy atom. The van der Waals surface area contributed by atoms with Gasteiger partial charge in [-0.2, -0.15) is 13.2 Å². The molecule has 1 atom stereocenters. The Morgan fingerprint density at radius 3 is 2.19 bits per heavy atom. The highest BCUT2D eigenvalue weighted by atomic mass is 35.5. The third kappa shape index (κ3) is 3.57. The van der Waals surface area contributed by atoms with Gasteiger partial charge in [0.15, 0.2) is 0 Å². The van der Waals surface area contributed by atoms with E-state index in [9.17, 15) is 13.2 Å². The predicted octanol–water partition coefficient (Wildman–Crippen LogP) is 4.98. The first-order chi connectivity index (χ1) is 9.82. The summed E-state index contributed by atoms with van der Waals surface area (Å²) in [7, 11) is 1.77. The van der Waals surface area contributed by atoms with Crippen molar-refractivity contribution in [1.29, 1.82) is 0 Å². The highest BCUT2D eigenvalue weighted by Crippen LogP contribution is 2.32. The van der Waals surface area contributed by atoms with Gasteiger partial charge in [-0.05, 0) is 54.9 Å². The molecule has 1 nitrogen and oxygen atoms in total. The fraction of sp³-hybridized carbons (Fsp3) is 0.250. The lowest BCUT2D eigenvalue weighted by atomic mass is 9.94. The Balaban J connectivity index is 2.40. The summed E-state index contributed by atoms with van der Waals surface area (Å²) in [5.41, 5.74) is 2.09. The minimum Gasteiger partial charge on any atom is -0.309 e. The van der Waals surface area contributed by atoms with E-state index >= 15 is 0 Å². The SMILES string of the molecule is CNC(c1ccc(C(F)(F)F)cc1)c1cc(Cl)ccc1C. The molecule has 0 saturated heterocycles. The van der Waals surface area contributed by atoms with E-state index in [2.05, 4.69) is 5.32 Å². The monoisotopic (exact) mass is 313 g/mol. The number of hydrogen-bond acceptors (Lipinski definition) is 1. The van der Waals surface area contributed by atoms with E-state index in [1.165, 1.54) is 12.1 Å². The molecule has 0 radical (unpaired) electrons. The number of aryl methyl sites for hydroxylation is 1. The van der Waals surface area contributed by atoms with Crippen molar-refractivity contribution >= 4 is 11.6 Å². The van der Waals surface area contributed by atoms with Crippen LogP contribution in [0.2, 0.25) is 5.02 Å². The van der Waals surface area contributed by atoms with Gasteiger partial charge in [0.1, 0.15) is 0 Å². The van der Waals surface area contributed by atoms with Gasteiger partial charge in [0, 0.05) is 5.02 Å². The summed E-state index contributed by atoms with van der Waals surface area (Å²) in [6.07, 6.45) is -4.32. The Kier molecular flexibility index (Phi) is 4.59. The number of alkyl halides is 3. The van der Waals surface area contributed by atoms with Crippen molar-refractivity contribution in [2.75, 3.05) is 7.05 Å². The molecule has 0 fully saturated rings. The van der Waals surface area contributed by atoms with Gasteiger partial charge >= 0.3 is 6.18 Å². The number of nitrogens with one attached hydrogen (secondary N) is 1. The first kappa shape index (κ1) is 15.9. The quantitative estimate of drug-likeness (QED) is 0.843. The molecule has 0 heterocycles. The van der Waals surface area contributed by atoms with Crippen LogP contribution in [0.5, 0.6) is 0 Å². The lowest BCUT2D eigenvalue weighted by molar-refractivity contribution is -0.137. The second-order valence-electron chi connectivity index (χ2n) is 4.84. The Labute approximate surface area is 126 Å². The number of hydrogen-bond donors (Lipinski definition) is 1. The van der Waals surface area contributed by atoms with Crippen molar-refractivity contribution < 1.29 is 13.2 Å². The largest absolute Gasteiger partial charge is 0.416 e. The van der Waals surface area contributed by atoms with Crippen molar-refractivity contribution in [3.63, 3.8) is 0 Å². The molecule has 2 aromatic carbocycles. The van der Waals surface area contributed by atoms with Crippen LogP contribution in [0.1, 0.15) is 28.3 Å². The van der Waals surface area contributed by atoms with Crippen molar-refractivity contribution in [3.05, 3.63) is 69.7 Å². The molecule has 0 aromatic heterocycles. The van der Waals surface area contributed by atoms with Gasteiger partial charge in [-0.1, -0.05) is 29.8 Å². The van der Waals surface area contributed by atoms with Crippen molar-refractivity contribution in [3.8, 4) is 0 Å². The van der Waals surface area contributed by atoms with Crippen molar-refractivity contribution in [1.82, 2.24) is 5.32 Å². The molecule has 0 amide bonds. The first-order valence-electron chi connectivity index (χ1n) is 6.43. The van der Waals surface area contributed by atoms with E-state index in [-0.39, 0.29) is 6.04 Å². The van der Waals surface area contributed by atoms with Crippen LogP contribution in [0, 0.1) is 6.92 Å². The Bertz CT molecular complexity index is 620. The lowest BCUT2D eigenvalue weighted by Crippen LogP contribution is -2.19. The molecule has 1 N–H and O–H groups in total. The van der Waals surface area contributed by atoms with Gasteiger partial charge in [-0.25, -0.2) is 0 Å². The van der Waals surface area contributed by atoms with E-state index in [1.54, 1.807) is 13.1 Å². The molecule has 0 bridgehead atoms. The van der Waals surface area contributed by atoms with Crippen LogP contribution < -0.4 is 5.32 Å². The van der Waals surface area contributed by atoms with E-state index in [0.29, 0.717) is 5.02 Å². The maximum Gasteiger partial charge on any atom is 0.416 e. The van der Waals surface area contributed by atoms with Crippen LogP contribution in [0.25, 0.3) is 0 Å². The molecule has 2 rings (SSSR count). The van der Waals surface area contributed by atoms with Gasteiger partial charge in [0.25, 0.3) is 0 Å². The molecule has 0 aliphatic carbocycles. The second-order valence-corrected chi connectivity index (χ2v) is 5.28. The van der Waals surface area contributed by atoms with Gasteiger partial charge in [-0.3, -0.25) is 0 Å². The fourth-order valence-electron chi connectivity index (χ4n) is 2.29. The molecule has 0 aliphatic rings. The molecule has 2 aromatic rings. The van der Waals surface area contributed by atoms with Gasteiger partial charge < -0.3 is 5.32 Å². The molecule has 1 unspecified atom stereocenters. The number of rotatable bonds is 3.